The maximum Gasteiger partial charge on any atom is 0.316 e. The Balaban J connectivity index is 1.65. The number of ether oxygens (including phenoxy) is 3. The van der Waals surface area contributed by atoms with E-state index in [0.29, 0.717) is 74.4 Å². The van der Waals surface area contributed by atoms with Gasteiger partial charge in [0.1, 0.15) is 12.5 Å². The summed E-state index contributed by atoms with van der Waals surface area (Å²) in [7, 11) is 1.40. The number of aliphatic imine (C=N–C) groups is 1. The maximum atomic E-state index is 13.8. The summed E-state index contributed by atoms with van der Waals surface area (Å²) in [5.74, 6) is -2.76. The van der Waals surface area contributed by atoms with Crippen molar-refractivity contribution in [2.45, 2.75) is 50.4 Å². The monoisotopic (exact) mass is 728 g/mol. The molecule has 2 aliphatic heterocycles. The number of carbonyl (C=O) groups excluding carboxylic acids is 3. The van der Waals surface area contributed by atoms with Crippen LogP contribution in [-0.2, 0) is 34.0 Å². The number of benzene rings is 2. The molecule has 0 N–H and O–H groups in total. The first kappa shape index (κ1) is 40.2. The third kappa shape index (κ3) is 9.83. The average Bonchev–Trinajstić information content (AvgIpc) is 3.19. The van der Waals surface area contributed by atoms with Crippen LogP contribution in [0.25, 0.3) is 10.4 Å². The van der Waals surface area contributed by atoms with Crippen LogP contribution >= 0.6 is 0 Å². The summed E-state index contributed by atoms with van der Waals surface area (Å²) >= 11 is 0. The highest BCUT2D eigenvalue weighted by atomic mass is 16.6. The number of non-ortho nitro benzene ring substituents is 1. The Morgan fingerprint density at radius 3 is 2.51 bits per heavy atom. The van der Waals surface area contributed by atoms with Crippen molar-refractivity contribution < 1.29 is 33.5 Å². The molecule has 1 fully saturated rings. The molecule has 0 spiro atoms. The molecule has 280 valence electrons. The number of nitrogens with zero attached hydrogens (tertiary/aromatic N) is 8. The molecule has 2 unspecified atom stereocenters. The van der Waals surface area contributed by atoms with E-state index in [2.05, 4.69) is 14.9 Å². The fraction of sp³-hybridized carbons (Fsp3) is 0.486. The molecule has 16 heteroatoms. The Bertz CT molecular complexity index is 1740. The number of hydrogen-bond donors (Lipinski definition) is 0. The molecular weight excluding hydrogens is 684 g/mol. The van der Waals surface area contributed by atoms with Gasteiger partial charge in [0.15, 0.2) is 0 Å². The zero-order valence-electron chi connectivity index (χ0n) is 30.0. The fourth-order valence-electron chi connectivity index (χ4n) is 7.03. The van der Waals surface area contributed by atoms with Crippen molar-refractivity contribution in [2.75, 3.05) is 59.7 Å². The molecule has 2 atom stereocenters. The number of nitriles is 1. The Morgan fingerprint density at radius 2 is 1.91 bits per heavy atom. The first-order valence-electron chi connectivity index (χ1n) is 17.5. The molecule has 0 radical (unpaired) electrons. The summed E-state index contributed by atoms with van der Waals surface area (Å²) in [5.41, 5.74) is 10.4. The molecule has 2 aliphatic rings. The number of nitro benzene ring substituents is 1. The normalized spacial score (nSPS) is 18.2. The van der Waals surface area contributed by atoms with Crippen LogP contribution in [0, 0.1) is 27.4 Å². The van der Waals surface area contributed by atoms with Crippen molar-refractivity contribution in [2.24, 2.45) is 16.0 Å². The van der Waals surface area contributed by atoms with E-state index in [1.54, 1.807) is 12.1 Å². The van der Waals surface area contributed by atoms with E-state index in [9.17, 15) is 24.5 Å². The van der Waals surface area contributed by atoms with Crippen molar-refractivity contribution in [3.8, 4) is 6.07 Å². The van der Waals surface area contributed by atoms with Gasteiger partial charge in [0.05, 0.1) is 54.5 Å². The number of amides is 1. The van der Waals surface area contributed by atoms with Gasteiger partial charge >= 0.3 is 11.9 Å². The van der Waals surface area contributed by atoms with Gasteiger partial charge in [-0.2, -0.15) is 5.26 Å². The maximum absolute atomic E-state index is 13.8. The highest BCUT2D eigenvalue weighted by Gasteiger charge is 2.45. The number of methoxy groups -OCH3 is 1. The van der Waals surface area contributed by atoms with Crippen LogP contribution in [0.2, 0.25) is 0 Å². The van der Waals surface area contributed by atoms with Gasteiger partial charge in [-0.05, 0) is 62.0 Å². The summed E-state index contributed by atoms with van der Waals surface area (Å²) in [4.78, 5) is 62.1. The molecule has 2 aromatic rings. The van der Waals surface area contributed by atoms with E-state index in [-0.39, 0.29) is 51.0 Å². The largest absolute Gasteiger partial charge is 0.468 e. The molecule has 0 aliphatic carbocycles. The van der Waals surface area contributed by atoms with Crippen LogP contribution in [0.3, 0.4) is 0 Å². The molecule has 0 saturated carbocycles. The molecule has 1 saturated heterocycles. The van der Waals surface area contributed by atoms with E-state index < -0.39 is 28.1 Å². The van der Waals surface area contributed by atoms with Gasteiger partial charge in [-0.1, -0.05) is 54.5 Å². The fourth-order valence-corrected chi connectivity index (χ4v) is 7.03. The number of carbonyl (C=O) groups is 3. The van der Waals surface area contributed by atoms with Crippen LogP contribution in [0.1, 0.15) is 56.1 Å². The van der Waals surface area contributed by atoms with Gasteiger partial charge in [-0.25, -0.2) is 0 Å². The standard InChI is InChI=1S/C37H44N8O8/c1-3-30-33(35(47)53-23-7-17-38)32(27-11-13-29(14-12-27)45(49)50)34(31(41-30)25-52-24-18-40-42-39)44(26-46)20-8-19-43-21-15-37(16-22-43,36(48)51-2)28-9-5-4-6-10-28/h4-6,9-14,26,32-33H,3,7-8,15-16,18-25H2,1-2H3. The topological polar surface area (TPSA) is 213 Å². The number of allylic oxidation sites excluding steroid dienone is 1. The Kier molecular flexibility index (Phi) is 15.0. The van der Waals surface area contributed by atoms with Crippen molar-refractivity contribution in [1.82, 2.24) is 9.80 Å². The molecule has 1 amide bonds. The van der Waals surface area contributed by atoms with Gasteiger partial charge in [0, 0.05) is 41.8 Å². The Morgan fingerprint density at radius 1 is 1.19 bits per heavy atom. The van der Waals surface area contributed by atoms with E-state index in [4.69, 9.17) is 30.0 Å². The van der Waals surface area contributed by atoms with Crippen molar-refractivity contribution in [3.05, 3.63) is 97.7 Å². The number of rotatable bonds is 19. The molecule has 0 bridgehead atoms. The van der Waals surface area contributed by atoms with E-state index in [1.807, 2.05) is 43.3 Å². The summed E-state index contributed by atoms with van der Waals surface area (Å²) in [6.07, 6.45) is 2.65. The van der Waals surface area contributed by atoms with Crippen molar-refractivity contribution in [1.29, 1.82) is 5.26 Å². The van der Waals surface area contributed by atoms with Gasteiger partial charge in [0.2, 0.25) is 6.41 Å². The third-order valence-corrected chi connectivity index (χ3v) is 9.66. The molecule has 2 heterocycles. The number of esters is 2. The first-order valence-corrected chi connectivity index (χ1v) is 17.5. The number of likely N-dealkylation sites (tertiary alicyclic amines) is 1. The van der Waals surface area contributed by atoms with E-state index in [0.717, 1.165) is 5.56 Å². The highest BCUT2D eigenvalue weighted by Crippen LogP contribution is 2.42. The number of nitro groups is 1. The molecule has 16 nitrogen and oxygen atoms in total. The quantitative estimate of drug-likeness (QED) is 0.0269. The predicted molar refractivity (Wildman–Crippen MR) is 193 cm³/mol. The second-order valence-electron chi connectivity index (χ2n) is 12.6. The molecule has 2 aromatic carbocycles. The van der Waals surface area contributed by atoms with Crippen molar-refractivity contribution >= 4 is 29.7 Å². The average molecular weight is 729 g/mol. The van der Waals surface area contributed by atoms with Crippen molar-refractivity contribution in [3.63, 3.8) is 0 Å². The van der Waals surface area contributed by atoms with Crippen LogP contribution in [0.4, 0.5) is 5.69 Å². The van der Waals surface area contributed by atoms with Crippen LogP contribution in [0.5, 0.6) is 0 Å². The first-order chi connectivity index (χ1) is 25.7. The number of hydrogen-bond acceptors (Lipinski definition) is 12. The zero-order valence-corrected chi connectivity index (χ0v) is 30.0. The summed E-state index contributed by atoms with van der Waals surface area (Å²) in [6, 6.07) is 17.4. The minimum atomic E-state index is -1.00. The molecular formula is C37H44N8O8. The Hall–Kier alpha value is -5.62. The van der Waals surface area contributed by atoms with Gasteiger partial charge in [-0.15, -0.1) is 0 Å². The Labute approximate surface area is 307 Å². The zero-order chi connectivity index (χ0) is 38.2. The molecule has 53 heavy (non-hydrogen) atoms. The minimum absolute atomic E-state index is 0.0186. The van der Waals surface area contributed by atoms with Crippen LogP contribution in [-0.4, -0.2) is 98.4 Å². The summed E-state index contributed by atoms with van der Waals surface area (Å²) in [6.45, 7) is 3.85. The predicted octanol–water partition coefficient (Wildman–Crippen LogP) is 5.21. The lowest BCUT2D eigenvalue weighted by Gasteiger charge is -2.40. The van der Waals surface area contributed by atoms with Crippen LogP contribution in [0.15, 0.2) is 76.1 Å². The smallest absolute Gasteiger partial charge is 0.316 e. The lowest BCUT2D eigenvalue weighted by atomic mass is 9.72. The lowest BCUT2D eigenvalue weighted by molar-refractivity contribution is -0.384. The SMILES string of the molecule is CCC1=NC(COCCN=[N+]=[N-])=C(N(C=O)CCCN2CCC(C(=O)OC)(c3ccccc3)CC2)C(c2ccc([N+](=O)[O-])cc2)C1C(=O)OCCC#N. The third-order valence-electron chi connectivity index (χ3n) is 9.66. The second-order valence-corrected chi connectivity index (χ2v) is 12.6. The van der Waals surface area contributed by atoms with Gasteiger partial charge in [0.25, 0.3) is 5.69 Å². The molecule has 4 rings (SSSR count). The summed E-state index contributed by atoms with van der Waals surface area (Å²) in [5, 5.41) is 24.1. The summed E-state index contributed by atoms with van der Waals surface area (Å²) < 4.78 is 16.6. The van der Waals surface area contributed by atoms with Gasteiger partial charge in [-0.3, -0.25) is 29.5 Å². The minimum Gasteiger partial charge on any atom is -0.468 e. The second kappa shape index (κ2) is 19.8. The number of piperidine rings is 1. The highest BCUT2D eigenvalue weighted by molar-refractivity contribution is 6.05. The number of azide groups is 1. The van der Waals surface area contributed by atoms with E-state index >= 15 is 0 Å². The van der Waals surface area contributed by atoms with E-state index in [1.165, 1.54) is 24.1 Å². The lowest BCUT2D eigenvalue weighted by Crippen LogP contribution is -2.48. The molecule has 0 aromatic heterocycles. The van der Waals surface area contributed by atoms with Gasteiger partial charge < -0.3 is 24.0 Å². The van der Waals surface area contributed by atoms with Crippen LogP contribution < -0.4 is 0 Å².